The first-order valence-corrected chi connectivity index (χ1v) is 6.95. The fraction of sp³-hybridized carbons (Fsp3) is 0.417. The third-order valence-corrected chi connectivity index (χ3v) is 3.41. The Hall–Kier alpha value is -1.37. The van der Waals surface area contributed by atoms with Crippen LogP contribution in [-0.4, -0.2) is 59.8 Å². The lowest BCUT2D eigenvalue weighted by Gasteiger charge is -2.41. The Balaban J connectivity index is 2.54. The van der Waals surface area contributed by atoms with Gasteiger partial charge in [-0.2, -0.15) is 5.12 Å². The normalized spacial score (nSPS) is 23.9. The quantitative estimate of drug-likeness (QED) is 0.828. The van der Waals surface area contributed by atoms with Crippen molar-refractivity contribution in [3.8, 4) is 0 Å². The Labute approximate surface area is 120 Å². The number of aliphatic imine (C=N–C) groups is 1. The summed E-state index contributed by atoms with van der Waals surface area (Å²) in [6, 6.07) is 9.67. The predicted molar refractivity (Wildman–Crippen MR) is 78.6 cm³/mol. The van der Waals surface area contributed by atoms with Crippen molar-refractivity contribution in [2.24, 2.45) is 10.7 Å². The first kappa shape index (κ1) is 15.0. The number of rotatable bonds is 4. The summed E-state index contributed by atoms with van der Waals surface area (Å²) < 4.78 is 11.5. The zero-order valence-corrected chi connectivity index (χ0v) is 13.0. The molecule has 1 unspecified atom stereocenters. The van der Waals surface area contributed by atoms with Crippen LogP contribution in [0.2, 0.25) is 0 Å². The minimum absolute atomic E-state index is 0.275. The van der Waals surface area contributed by atoms with E-state index in [0.717, 1.165) is 5.56 Å². The second kappa shape index (κ2) is 5.55. The van der Waals surface area contributed by atoms with E-state index in [9.17, 15) is 4.57 Å². The average molecular weight is 294 g/mol. The molecule has 7 nitrogen and oxygen atoms in total. The van der Waals surface area contributed by atoms with E-state index in [1.54, 1.807) is 15.2 Å². The minimum atomic E-state index is -1.35. The monoisotopic (exact) mass is 294 g/mol. The Morgan fingerprint density at radius 1 is 1.15 bits per heavy atom. The summed E-state index contributed by atoms with van der Waals surface area (Å²) in [5.74, 6) is 0.648. The van der Waals surface area contributed by atoms with Gasteiger partial charge >= 0.3 is 0 Å². The van der Waals surface area contributed by atoms with E-state index in [1.165, 1.54) is 0 Å². The van der Waals surface area contributed by atoms with Crippen molar-refractivity contribution in [2.45, 2.75) is 5.53 Å². The van der Waals surface area contributed by atoms with Crippen LogP contribution in [0.25, 0.3) is 0 Å². The molecule has 0 saturated heterocycles. The fourth-order valence-corrected chi connectivity index (χ4v) is 2.59. The zero-order valence-electron chi connectivity index (χ0n) is 12.1. The molecule has 0 amide bonds. The summed E-state index contributed by atoms with van der Waals surface area (Å²) in [6.45, 7) is 0. The van der Waals surface area contributed by atoms with Crippen LogP contribution in [0, 0.1) is 0 Å². The molecule has 1 aliphatic heterocycles. The minimum Gasteiger partial charge on any atom is -0.282 e. The molecule has 0 aliphatic carbocycles. The van der Waals surface area contributed by atoms with Gasteiger partial charge in [-0.3, -0.25) is 10.3 Å². The fourth-order valence-electron chi connectivity index (χ4n) is 2.12. The van der Waals surface area contributed by atoms with Crippen LogP contribution in [0.5, 0.6) is 0 Å². The van der Waals surface area contributed by atoms with Crippen LogP contribution >= 0.6 is 8.46 Å². The molecule has 1 aromatic carbocycles. The first-order chi connectivity index (χ1) is 9.40. The Kier molecular flexibility index (Phi) is 4.17. The highest BCUT2D eigenvalue weighted by molar-refractivity contribution is 7.25. The van der Waals surface area contributed by atoms with Crippen molar-refractivity contribution in [2.75, 3.05) is 28.2 Å². The van der Waals surface area contributed by atoms with Crippen LogP contribution in [0.3, 0.4) is 0 Å². The van der Waals surface area contributed by atoms with Gasteiger partial charge in [-0.1, -0.05) is 35.4 Å². The van der Waals surface area contributed by atoms with Gasteiger partial charge in [0.15, 0.2) is 5.84 Å². The number of nitrogens with two attached hydrogens (primary N) is 1. The molecular formula is C12H19N6OP. The Bertz CT molecular complexity index is 520. The molecule has 108 valence electrons. The zero-order chi connectivity index (χ0) is 14.9. The lowest BCUT2D eigenvalue weighted by molar-refractivity contribution is -0.219. The van der Waals surface area contributed by atoms with Gasteiger partial charge in [-0.15, -0.1) is 0 Å². The molecule has 2 rings (SSSR count). The number of benzene rings is 1. The van der Waals surface area contributed by atoms with Gasteiger partial charge in [0.05, 0.1) is 0 Å². The second-order valence-corrected chi connectivity index (χ2v) is 5.69. The van der Waals surface area contributed by atoms with E-state index in [1.807, 2.05) is 63.5 Å². The molecule has 1 aromatic rings. The summed E-state index contributed by atoms with van der Waals surface area (Å²) in [5, 5.41) is 7.03. The van der Waals surface area contributed by atoms with Gasteiger partial charge < -0.3 is 0 Å². The molecule has 1 atom stereocenters. The highest BCUT2D eigenvalue weighted by Crippen LogP contribution is 2.34. The molecule has 8 heteroatoms. The molecule has 0 aromatic heterocycles. The van der Waals surface area contributed by atoms with Gasteiger partial charge in [-0.05, 0) is 0 Å². The molecule has 1 heterocycles. The van der Waals surface area contributed by atoms with Gasteiger partial charge in [0.25, 0.3) is 5.53 Å². The SMILES string of the molecule is CN(C)N1C(c2ccccc2)=NC(N)(P=O)N1N(C)C. The summed E-state index contributed by atoms with van der Waals surface area (Å²) in [5.41, 5.74) is 5.72. The van der Waals surface area contributed by atoms with Crippen molar-refractivity contribution in [3.05, 3.63) is 35.9 Å². The van der Waals surface area contributed by atoms with E-state index < -0.39 is 5.53 Å². The molecule has 2 N–H and O–H groups in total. The van der Waals surface area contributed by atoms with E-state index in [-0.39, 0.29) is 8.46 Å². The second-order valence-electron chi connectivity index (χ2n) is 4.85. The third kappa shape index (κ3) is 2.46. The van der Waals surface area contributed by atoms with Crippen molar-refractivity contribution >= 4 is 14.3 Å². The van der Waals surface area contributed by atoms with Crippen molar-refractivity contribution < 1.29 is 4.57 Å². The highest BCUT2D eigenvalue weighted by Gasteiger charge is 2.48. The van der Waals surface area contributed by atoms with Gasteiger partial charge in [0.2, 0.25) is 8.46 Å². The molecule has 0 bridgehead atoms. The van der Waals surface area contributed by atoms with Crippen molar-refractivity contribution in [1.29, 1.82) is 0 Å². The Morgan fingerprint density at radius 2 is 1.75 bits per heavy atom. The molecule has 20 heavy (non-hydrogen) atoms. The van der Waals surface area contributed by atoms with E-state index >= 15 is 0 Å². The molecule has 0 radical (unpaired) electrons. The van der Waals surface area contributed by atoms with Gasteiger partial charge in [0, 0.05) is 33.8 Å². The first-order valence-electron chi connectivity index (χ1n) is 6.14. The van der Waals surface area contributed by atoms with Gasteiger partial charge in [0.1, 0.15) is 0 Å². The lowest BCUT2D eigenvalue weighted by Crippen LogP contribution is -2.63. The highest BCUT2D eigenvalue weighted by atomic mass is 31.1. The van der Waals surface area contributed by atoms with Crippen molar-refractivity contribution in [1.82, 2.24) is 20.3 Å². The number of nitrogens with zero attached hydrogens (tertiary/aromatic N) is 5. The summed E-state index contributed by atoms with van der Waals surface area (Å²) >= 11 is 0. The number of hydrogen-bond acceptors (Lipinski definition) is 7. The summed E-state index contributed by atoms with van der Waals surface area (Å²) in [4.78, 5) is 4.45. The van der Waals surface area contributed by atoms with Crippen LogP contribution in [0.4, 0.5) is 0 Å². The van der Waals surface area contributed by atoms with E-state index in [4.69, 9.17) is 5.73 Å². The third-order valence-electron chi connectivity index (χ3n) is 2.86. The Morgan fingerprint density at radius 3 is 2.20 bits per heavy atom. The van der Waals surface area contributed by atoms with Crippen LogP contribution in [0.1, 0.15) is 5.56 Å². The van der Waals surface area contributed by atoms with Crippen molar-refractivity contribution in [3.63, 3.8) is 0 Å². The smallest absolute Gasteiger partial charge is 0.280 e. The maximum absolute atomic E-state index is 11.5. The van der Waals surface area contributed by atoms with Gasteiger partial charge in [-0.25, -0.2) is 15.0 Å². The van der Waals surface area contributed by atoms with Crippen LogP contribution < -0.4 is 5.73 Å². The average Bonchev–Trinajstić information content (AvgIpc) is 2.74. The maximum Gasteiger partial charge on any atom is 0.280 e. The van der Waals surface area contributed by atoms with Crippen LogP contribution in [0.15, 0.2) is 35.3 Å². The largest absolute Gasteiger partial charge is 0.282 e. The molecule has 0 saturated carbocycles. The molecule has 0 fully saturated rings. The molecule has 1 aliphatic rings. The molecular weight excluding hydrogens is 275 g/mol. The number of amidine groups is 1. The number of hydrazine groups is 3. The van der Waals surface area contributed by atoms with E-state index in [2.05, 4.69) is 4.99 Å². The lowest BCUT2D eigenvalue weighted by atomic mass is 10.2. The van der Waals surface area contributed by atoms with Crippen LogP contribution in [-0.2, 0) is 4.57 Å². The summed E-state index contributed by atoms with van der Waals surface area (Å²) in [6.07, 6.45) is 0. The number of hydrogen-bond donors (Lipinski definition) is 1. The standard InChI is InChI=1S/C12H19N6OP/c1-15(2)17-11(10-8-6-5-7-9-10)14-12(13,20-19)18(17)16(3)4/h5-9H,13H2,1-4H3. The topological polar surface area (TPSA) is 68.4 Å². The predicted octanol–water partition coefficient (Wildman–Crippen LogP) is 0.781. The van der Waals surface area contributed by atoms with E-state index in [0.29, 0.717) is 5.84 Å². The maximum atomic E-state index is 11.5. The summed E-state index contributed by atoms with van der Waals surface area (Å²) in [7, 11) is 7.13. The molecule has 0 spiro atoms.